The van der Waals surface area contributed by atoms with Crippen LogP contribution in [0.1, 0.15) is 50.7 Å². The Labute approximate surface area is 211 Å². The van der Waals surface area contributed by atoms with Gasteiger partial charge in [-0.25, -0.2) is 0 Å². The summed E-state index contributed by atoms with van der Waals surface area (Å²) in [4.78, 5) is 51.8. The Morgan fingerprint density at radius 3 is 1.36 bits per heavy atom. The molecule has 0 aliphatic carbocycles. The summed E-state index contributed by atoms with van der Waals surface area (Å²) in [7, 11) is 0. The van der Waals surface area contributed by atoms with Crippen molar-refractivity contribution >= 4 is 47.2 Å². The number of carbonyl (C=O) groups excluding carboxylic acids is 4. The second-order valence-electron chi connectivity index (χ2n) is 9.30. The zero-order chi connectivity index (χ0) is 25.7. The fraction of sp³-hybridized carbons (Fsp3) is 0.357. The van der Waals surface area contributed by atoms with Gasteiger partial charge in [0, 0.05) is 38.3 Å². The summed E-state index contributed by atoms with van der Waals surface area (Å²) in [5.41, 5.74) is 3.33. The number of hydrogen-bond donors (Lipinski definition) is 2. The zero-order valence-electron chi connectivity index (χ0n) is 20.7. The van der Waals surface area contributed by atoms with Gasteiger partial charge in [0.05, 0.1) is 0 Å². The van der Waals surface area contributed by atoms with E-state index in [2.05, 4.69) is 10.6 Å². The van der Waals surface area contributed by atoms with E-state index in [4.69, 9.17) is 0 Å². The van der Waals surface area contributed by atoms with Crippen LogP contribution in [0.15, 0.2) is 48.5 Å². The van der Waals surface area contributed by atoms with Crippen molar-refractivity contribution in [2.45, 2.75) is 51.6 Å². The van der Waals surface area contributed by atoms with Gasteiger partial charge in [-0.15, -0.1) is 0 Å². The molecule has 8 nitrogen and oxygen atoms in total. The fourth-order valence-electron chi connectivity index (χ4n) is 4.83. The average Bonchev–Trinajstić information content (AvgIpc) is 3.55. The van der Waals surface area contributed by atoms with Gasteiger partial charge in [-0.1, -0.05) is 36.4 Å². The monoisotopic (exact) mass is 488 g/mol. The van der Waals surface area contributed by atoms with Crippen molar-refractivity contribution in [2.75, 3.05) is 23.7 Å². The van der Waals surface area contributed by atoms with Gasteiger partial charge in [-0.2, -0.15) is 0 Å². The molecule has 0 aromatic heterocycles. The molecule has 2 aliphatic rings. The lowest BCUT2D eigenvalue weighted by atomic mass is 10.1. The van der Waals surface area contributed by atoms with Crippen LogP contribution in [0.2, 0.25) is 0 Å². The molecule has 8 heteroatoms. The largest absolute Gasteiger partial charge is 0.331 e. The number of rotatable bonds is 6. The van der Waals surface area contributed by atoms with E-state index in [-0.39, 0.29) is 23.6 Å². The van der Waals surface area contributed by atoms with Crippen molar-refractivity contribution < 1.29 is 19.2 Å². The Hall–Kier alpha value is -3.94. The molecule has 4 rings (SSSR count). The van der Waals surface area contributed by atoms with Crippen LogP contribution >= 0.6 is 0 Å². The first-order valence-corrected chi connectivity index (χ1v) is 12.4. The Balaban J connectivity index is 1.30. The summed E-state index contributed by atoms with van der Waals surface area (Å²) >= 11 is 0. The number of benzene rings is 2. The van der Waals surface area contributed by atoms with E-state index in [0.29, 0.717) is 37.3 Å². The molecule has 2 fully saturated rings. The first-order chi connectivity index (χ1) is 17.3. The quantitative estimate of drug-likeness (QED) is 0.605. The van der Waals surface area contributed by atoms with Crippen molar-refractivity contribution in [2.24, 2.45) is 0 Å². The molecule has 2 heterocycles. The van der Waals surface area contributed by atoms with Crippen molar-refractivity contribution in [3.63, 3.8) is 0 Å². The highest BCUT2D eigenvalue weighted by Crippen LogP contribution is 2.21. The molecule has 0 saturated carbocycles. The molecule has 0 bridgehead atoms. The standard InChI is InChI=1S/C28H32N4O4/c1-19(33)31-17-3-5-25(31)27(35)29-23-13-9-21(10-14-23)7-8-22-11-15-24(16-12-22)30-28(36)26-6-4-18-32(26)20(2)34/h7-16,25-26H,3-6,17-18H2,1-2H3,(H,29,35)(H,30,36)/b8-7+/t25-,26-/m0/s1. The van der Waals surface area contributed by atoms with Crippen molar-refractivity contribution in [1.29, 1.82) is 0 Å². The van der Waals surface area contributed by atoms with E-state index in [1.165, 1.54) is 13.8 Å². The van der Waals surface area contributed by atoms with Crippen molar-refractivity contribution in [3.05, 3.63) is 59.7 Å². The summed E-state index contributed by atoms with van der Waals surface area (Å²) in [6, 6.07) is 14.2. The topological polar surface area (TPSA) is 98.8 Å². The van der Waals surface area contributed by atoms with Crippen LogP contribution in [-0.2, 0) is 19.2 Å². The number of carbonyl (C=O) groups is 4. The number of amides is 4. The Bertz CT molecular complexity index is 1070. The van der Waals surface area contributed by atoms with Crippen LogP contribution in [0.5, 0.6) is 0 Å². The molecule has 188 valence electrons. The first-order valence-electron chi connectivity index (χ1n) is 12.4. The van der Waals surface area contributed by atoms with E-state index in [9.17, 15) is 19.2 Å². The van der Waals surface area contributed by atoms with E-state index in [1.54, 1.807) is 9.80 Å². The predicted octanol–water partition coefficient (Wildman–Crippen LogP) is 3.76. The van der Waals surface area contributed by atoms with Gasteiger partial charge in [-0.3, -0.25) is 19.2 Å². The van der Waals surface area contributed by atoms with E-state index in [0.717, 1.165) is 24.0 Å². The average molecular weight is 489 g/mol. The van der Waals surface area contributed by atoms with Gasteiger partial charge in [-0.05, 0) is 61.1 Å². The van der Waals surface area contributed by atoms with Crippen LogP contribution in [-0.4, -0.2) is 58.6 Å². The lowest BCUT2D eigenvalue weighted by molar-refractivity contribution is -0.134. The molecule has 2 aromatic carbocycles. The minimum atomic E-state index is -0.402. The molecule has 36 heavy (non-hydrogen) atoms. The normalized spacial score (nSPS) is 19.5. The number of nitrogens with one attached hydrogen (secondary N) is 2. The first kappa shape index (κ1) is 25.2. The Morgan fingerprint density at radius 1 is 0.667 bits per heavy atom. The van der Waals surface area contributed by atoms with Gasteiger partial charge in [0.1, 0.15) is 12.1 Å². The number of anilines is 2. The van der Waals surface area contributed by atoms with Crippen LogP contribution in [0.3, 0.4) is 0 Å². The van der Waals surface area contributed by atoms with E-state index < -0.39 is 12.1 Å². The lowest BCUT2D eigenvalue weighted by Crippen LogP contribution is -2.42. The molecule has 0 spiro atoms. The molecular weight excluding hydrogens is 456 g/mol. The number of nitrogens with zero attached hydrogens (tertiary/aromatic N) is 2. The SMILES string of the molecule is CC(=O)N1CCC[C@H]1C(=O)Nc1ccc(/C=C/c2ccc(NC(=O)[C@@H]3CCCN3C(C)=O)cc2)cc1. The van der Waals surface area contributed by atoms with Crippen LogP contribution in [0.25, 0.3) is 12.2 Å². The minimum absolute atomic E-state index is 0.0722. The lowest BCUT2D eigenvalue weighted by Gasteiger charge is -2.22. The van der Waals surface area contributed by atoms with Crippen LogP contribution in [0, 0.1) is 0 Å². The highest BCUT2D eigenvalue weighted by atomic mass is 16.2. The maximum Gasteiger partial charge on any atom is 0.247 e. The van der Waals surface area contributed by atoms with Crippen LogP contribution < -0.4 is 10.6 Å². The maximum atomic E-state index is 12.6. The molecule has 0 unspecified atom stereocenters. The summed E-state index contributed by atoms with van der Waals surface area (Å²) in [6.45, 7) is 4.25. The van der Waals surface area contributed by atoms with Gasteiger partial charge in [0.25, 0.3) is 0 Å². The molecule has 2 saturated heterocycles. The summed E-state index contributed by atoms with van der Waals surface area (Å²) in [5, 5.41) is 5.81. The second kappa shape index (κ2) is 11.2. The van der Waals surface area contributed by atoms with E-state index >= 15 is 0 Å². The molecule has 0 radical (unpaired) electrons. The molecule has 4 amide bonds. The van der Waals surface area contributed by atoms with E-state index in [1.807, 2.05) is 60.7 Å². The molecule has 2 atom stereocenters. The highest BCUT2D eigenvalue weighted by Gasteiger charge is 2.33. The second-order valence-corrected chi connectivity index (χ2v) is 9.30. The molecule has 2 N–H and O–H groups in total. The Morgan fingerprint density at radius 2 is 1.03 bits per heavy atom. The van der Waals surface area contributed by atoms with Gasteiger partial charge >= 0.3 is 0 Å². The fourth-order valence-corrected chi connectivity index (χ4v) is 4.83. The molecule has 2 aliphatic heterocycles. The van der Waals surface area contributed by atoms with Gasteiger partial charge in [0.15, 0.2) is 0 Å². The zero-order valence-corrected chi connectivity index (χ0v) is 20.7. The summed E-state index contributed by atoms with van der Waals surface area (Å²) in [5.74, 6) is -0.450. The third kappa shape index (κ3) is 6.00. The summed E-state index contributed by atoms with van der Waals surface area (Å²) in [6.07, 6.45) is 6.99. The third-order valence-corrected chi connectivity index (χ3v) is 6.74. The predicted molar refractivity (Wildman–Crippen MR) is 140 cm³/mol. The highest BCUT2D eigenvalue weighted by molar-refractivity contribution is 5.98. The van der Waals surface area contributed by atoms with Crippen molar-refractivity contribution in [3.8, 4) is 0 Å². The van der Waals surface area contributed by atoms with Crippen LogP contribution in [0.4, 0.5) is 11.4 Å². The van der Waals surface area contributed by atoms with Gasteiger partial charge < -0.3 is 20.4 Å². The number of likely N-dealkylation sites (tertiary alicyclic amines) is 2. The van der Waals surface area contributed by atoms with Crippen molar-refractivity contribution in [1.82, 2.24) is 9.80 Å². The molecule has 2 aromatic rings. The number of hydrogen-bond acceptors (Lipinski definition) is 4. The smallest absolute Gasteiger partial charge is 0.247 e. The molecular formula is C28H32N4O4. The maximum absolute atomic E-state index is 12.6. The van der Waals surface area contributed by atoms with Gasteiger partial charge in [0.2, 0.25) is 23.6 Å². The Kier molecular flexibility index (Phi) is 7.83. The minimum Gasteiger partial charge on any atom is -0.331 e. The third-order valence-electron chi connectivity index (χ3n) is 6.74. The summed E-state index contributed by atoms with van der Waals surface area (Å²) < 4.78 is 0.